The second-order valence-corrected chi connectivity index (χ2v) is 5.48. The molecule has 0 aromatic heterocycles. The molecular formula is C14H21FN2O2. The number of ether oxygens (including phenoxy) is 1. The Morgan fingerprint density at radius 2 is 2.16 bits per heavy atom. The van der Waals surface area contributed by atoms with E-state index < -0.39 is 11.7 Å². The molecule has 0 saturated carbocycles. The smallest absolute Gasteiger partial charge is 0.407 e. The quantitative estimate of drug-likeness (QED) is 0.880. The Balaban J connectivity index is 2.36. The summed E-state index contributed by atoms with van der Waals surface area (Å²) in [5, 5.41) is 2.59. The number of alkyl carbamates (subject to hydrolysis) is 1. The lowest BCUT2D eigenvalue weighted by atomic mass is 10.1. The molecule has 19 heavy (non-hydrogen) atoms. The van der Waals surface area contributed by atoms with Crippen LogP contribution in [-0.4, -0.2) is 24.3 Å². The lowest BCUT2D eigenvalue weighted by Gasteiger charge is -2.20. The largest absolute Gasteiger partial charge is 0.444 e. The van der Waals surface area contributed by atoms with Crippen LogP contribution in [0.5, 0.6) is 0 Å². The first-order chi connectivity index (χ1) is 8.76. The van der Waals surface area contributed by atoms with Gasteiger partial charge in [0.25, 0.3) is 0 Å². The molecule has 0 spiro atoms. The van der Waals surface area contributed by atoms with E-state index in [0.717, 1.165) is 5.56 Å². The van der Waals surface area contributed by atoms with Gasteiger partial charge in [0.1, 0.15) is 11.4 Å². The first kappa shape index (κ1) is 15.4. The minimum atomic E-state index is -0.531. The molecule has 4 nitrogen and oxygen atoms in total. The molecule has 0 aliphatic carbocycles. The van der Waals surface area contributed by atoms with Gasteiger partial charge in [-0.15, -0.1) is 0 Å². The maximum Gasteiger partial charge on any atom is 0.407 e. The highest BCUT2D eigenvalue weighted by molar-refractivity contribution is 5.67. The third kappa shape index (κ3) is 6.76. The zero-order valence-electron chi connectivity index (χ0n) is 11.6. The molecule has 1 unspecified atom stereocenters. The Morgan fingerprint density at radius 1 is 1.47 bits per heavy atom. The van der Waals surface area contributed by atoms with E-state index in [-0.39, 0.29) is 18.4 Å². The van der Waals surface area contributed by atoms with Gasteiger partial charge in [-0.25, -0.2) is 9.18 Å². The van der Waals surface area contributed by atoms with Crippen LogP contribution in [0.3, 0.4) is 0 Å². The van der Waals surface area contributed by atoms with Gasteiger partial charge in [-0.1, -0.05) is 12.1 Å². The lowest BCUT2D eigenvalue weighted by molar-refractivity contribution is 0.0524. The molecule has 1 amide bonds. The maximum absolute atomic E-state index is 13.0. The van der Waals surface area contributed by atoms with Crippen LogP contribution in [0.1, 0.15) is 26.3 Å². The average molecular weight is 268 g/mol. The van der Waals surface area contributed by atoms with Crippen LogP contribution >= 0.6 is 0 Å². The van der Waals surface area contributed by atoms with Gasteiger partial charge in [-0.05, 0) is 44.9 Å². The fourth-order valence-corrected chi connectivity index (χ4v) is 1.57. The van der Waals surface area contributed by atoms with Gasteiger partial charge in [-0.3, -0.25) is 0 Å². The lowest BCUT2D eigenvalue weighted by Crippen LogP contribution is -2.41. The van der Waals surface area contributed by atoms with E-state index in [1.54, 1.807) is 32.9 Å². The predicted octanol–water partition coefficient (Wildman–Crippen LogP) is 2.22. The van der Waals surface area contributed by atoms with Crippen molar-refractivity contribution in [2.45, 2.75) is 38.8 Å². The number of nitrogens with two attached hydrogens (primary N) is 1. The average Bonchev–Trinajstić information content (AvgIpc) is 2.24. The summed E-state index contributed by atoms with van der Waals surface area (Å²) in [6, 6.07) is 5.98. The molecule has 0 bridgehead atoms. The maximum atomic E-state index is 13.0. The zero-order chi connectivity index (χ0) is 14.5. The van der Waals surface area contributed by atoms with E-state index in [4.69, 9.17) is 10.5 Å². The van der Waals surface area contributed by atoms with E-state index in [2.05, 4.69) is 5.32 Å². The Hall–Kier alpha value is -1.62. The van der Waals surface area contributed by atoms with Gasteiger partial charge >= 0.3 is 6.09 Å². The van der Waals surface area contributed by atoms with Crippen molar-refractivity contribution in [3.63, 3.8) is 0 Å². The Labute approximate surface area is 113 Å². The number of hydrogen-bond acceptors (Lipinski definition) is 3. The summed E-state index contributed by atoms with van der Waals surface area (Å²) in [6.45, 7) is 5.66. The highest BCUT2D eigenvalue weighted by Gasteiger charge is 2.16. The molecule has 3 N–H and O–H groups in total. The van der Waals surface area contributed by atoms with E-state index in [0.29, 0.717) is 6.42 Å². The fourth-order valence-electron chi connectivity index (χ4n) is 1.57. The van der Waals surface area contributed by atoms with Crippen molar-refractivity contribution in [2.24, 2.45) is 5.73 Å². The van der Waals surface area contributed by atoms with Gasteiger partial charge in [0.2, 0.25) is 0 Å². The Kier molecular flexibility index (Phi) is 5.30. The van der Waals surface area contributed by atoms with Gasteiger partial charge in [0, 0.05) is 12.6 Å². The molecule has 106 valence electrons. The molecule has 0 aliphatic heterocycles. The minimum Gasteiger partial charge on any atom is -0.444 e. The Morgan fingerprint density at radius 3 is 2.74 bits per heavy atom. The molecule has 1 atom stereocenters. The van der Waals surface area contributed by atoms with Crippen molar-refractivity contribution in [3.05, 3.63) is 35.6 Å². The van der Waals surface area contributed by atoms with Gasteiger partial charge < -0.3 is 15.8 Å². The first-order valence-corrected chi connectivity index (χ1v) is 6.23. The molecular weight excluding hydrogens is 247 g/mol. The third-order valence-corrected chi connectivity index (χ3v) is 2.29. The molecule has 0 heterocycles. The van der Waals surface area contributed by atoms with Crippen molar-refractivity contribution in [2.75, 3.05) is 6.54 Å². The standard InChI is InChI=1S/C14H21FN2O2/c1-14(2,3)19-13(18)17-9-12(16)8-10-5-4-6-11(15)7-10/h4-7,12H,8-9,16H2,1-3H3,(H,17,18). The number of hydrogen-bond donors (Lipinski definition) is 2. The summed E-state index contributed by atoms with van der Waals surface area (Å²) in [7, 11) is 0. The number of halogens is 1. The van der Waals surface area contributed by atoms with E-state index in [1.807, 2.05) is 0 Å². The van der Waals surface area contributed by atoms with Crippen LogP contribution in [-0.2, 0) is 11.2 Å². The summed E-state index contributed by atoms with van der Waals surface area (Å²) >= 11 is 0. The van der Waals surface area contributed by atoms with Gasteiger partial charge in [0.05, 0.1) is 0 Å². The van der Waals surface area contributed by atoms with E-state index in [1.165, 1.54) is 12.1 Å². The SMILES string of the molecule is CC(C)(C)OC(=O)NCC(N)Cc1cccc(F)c1. The molecule has 1 aromatic rings. The zero-order valence-corrected chi connectivity index (χ0v) is 11.6. The summed E-state index contributed by atoms with van der Waals surface area (Å²) in [6.07, 6.45) is -0.00436. The summed E-state index contributed by atoms with van der Waals surface area (Å²) in [5.41, 5.74) is 6.15. The number of carbonyl (C=O) groups is 1. The van der Waals surface area contributed by atoms with Crippen molar-refractivity contribution in [3.8, 4) is 0 Å². The number of carbonyl (C=O) groups excluding carboxylic acids is 1. The fraction of sp³-hybridized carbons (Fsp3) is 0.500. The highest BCUT2D eigenvalue weighted by Crippen LogP contribution is 2.07. The summed E-state index contributed by atoms with van der Waals surface area (Å²) < 4.78 is 18.1. The van der Waals surface area contributed by atoms with Crippen molar-refractivity contribution >= 4 is 6.09 Å². The number of rotatable bonds is 4. The van der Waals surface area contributed by atoms with E-state index >= 15 is 0 Å². The van der Waals surface area contributed by atoms with Crippen molar-refractivity contribution in [1.82, 2.24) is 5.32 Å². The molecule has 0 aliphatic rings. The van der Waals surface area contributed by atoms with Crippen molar-refractivity contribution in [1.29, 1.82) is 0 Å². The number of benzene rings is 1. The molecule has 1 aromatic carbocycles. The normalized spacial score (nSPS) is 12.9. The first-order valence-electron chi connectivity index (χ1n) is 6.23. The summed E-state index contributed by atoms with van der Waals surface area (Å²) in [4.78, 5) is 11.4. The second-order valence-electron chi connectivity index (χ2n) is 5.48. The summed E-state index contributed by atoms with van der Waals surface area (Å²) in [5.74, 6) is -0.287. The van der Waals surface area contributed by atoms with Crippen LogP contribution in [0, 0.1) is 5.82 Å². The monoisotopic (exact) mass is 268 g/mol. The minimum absolute atomic E-state index is 0.283. The number of amides is 1. The highest BCUT2D eigenvalue weighted by atomic mass is 19.1. The molecule has 0 saturated heterocycles. The van der Waals surface area contributed by atoms with Crippen LogP contribution < -0.4 is 11.1 Å². The predicted molar refractivity (Wildman–Crippen MR) is 72.3 cm³/mol. The van der Waals surface area contributed by atoms with Gasteiger partial charge in [-0.2, -0.15) is 0 Å². The topological polar surface area (TPSA) is 64.3 Å². The third-order valence-electron chi connectivity index (χ3n) is 2.29. The Bertz CT molecular complexity index is 430. The van der Waals surface area contributed by atoms with Crippen molar-refractivity contribution < 1.29 is 13.9 Å². The second kappa shape index (κ2) is 6.52. The molecule has 5 heteroatoms. The molecule has 1 rings (SSSR count). The molecule has 0 fully saturated rings. The van der Waals surface area contributed by atoms with Crippen LogP contribution in [0.15, 0.2) is 24.3 Å². The molecule has 0 radical (unpaired) electrons. The van der Waals surface area contributed by atoms with Crippen LogP contribution in [0.25, 0.3) is 0 Å². The van der Waals surface area contributed by atoms with Crippen LogP contribution in [0.2, 0.25) is 0 Å². The van der Waals surface area contributed by atoms with E-state index in [9.17, 15) is 9.18 Å². The number of nitrogens with one attached hydrogen (secondary N) is 1. The van der Waals surface area contributed by atoms with Crippen LogP contribution in [0.4, 0.5) is 9.18 Å². The van der Waals surface area contributed by atoms with Gasteiger partial charge in [0.15, 0.2) is 0 Å².